The first-order valence-electron chi connectivity index (χ1n) is 5.96. The zero-order valence-corrected chi connectivity index (χ0v) is 11.4. The van der Waals surface area contributed by atoms with Crippen LogP contribution in [-0.4, -0.2) is 0 Å². The molecule has 96 valence electrons. The van der Waals surface area contributed by atoms with Gasteiger partial charge >= 0.3 is 0 Å². The Morgan fingerprint density at radius 2 is 2.11 bits per heavy atom. The van der Waals surface area contributed by atoms with Crippen LogP contribution < -0.4 is 11.3 Å². The lowest BCUT2D eigenvalue weighted by molar-refractivity contribution is 0.615. The van der Waals surface area contributed by atoms with Gasteiger partial charge in [-0.3, -0.25) is 5.84 Å². The molecule has 0 bridgehead atoms. The van der Waals surface area contributed by atoms with Gasteiger partial charge in [0, 0.05) is 9.75 Å². The molecular weight excluding hydrogens is 247 g/mol. The number of halogens is 1. The highest BCUT2D eigenvalue weighted by atomic mass is 32.1. The van der Waals surface area contributed by atoms with Gasteiger partial charge < -0.3 is 0 Å². The molecule has 0 radical (unpaired) electrons. The van der Waals surface area contributed by atoms with Crippen LogP contribution in [0, 0.1) is 12.7 Å². The van der Waals surface area contributed by atoms with E-state index in [0.29, 0.717) is 0 Å². The fraction of sp³-hybridized carbons (Fsp3) is 0.286. The van der Waals surface area contributed by atoms with Crippen LogP contribution in [0.4, 0.5) is 4.39 Å². The summed E-state index contributed by atoms with van der Waals surface area (Å²) in [7, 11) is 0. The van der Waals surface area contributed by atoms with Crippen molar-refractivity contribution in [2.45, 2.75) is 26.3 Å². The van der Waals surface area contributed by atoms with E-state index in [1.165, 1.54) is 17.0 Å². The van der Waals surface area contributed by atoms with E-state index >= 15 is 0 Å². The number of nitrogens with two attached hydrogens (primary N) is 1. The third kappa shape index (κ3) is 2.61. The molecule has 1 unspecified atom stereocenters. The molecule has 0 saturated heterocycles. The number of benzene rings is 1. The van der Waals surface area contributed by atoms with Crippen molar-refractivity contribution in [2.24, 2.45) is 5.84 Å². The van der Waals surface area contributed by atoms with Gasteiger partial charge in [0.1, 0.15) is 5.82 Å². The molecule has 1 aromatic carbocycles. The molecule has 3 N–H and O–H groups in total. The fourth-order valence-electron chi connectivity index (χ4n) is 2.03. The molecular formula is C14H17FN2S. The highest BCUT2D eigenvalue weighted by molar-refractivity contribution is 7.12. The molecule has 0 saturated carbocycles. The predicted octanol–water partition coefficient (Wildman–Crippen LogP) is 3.31. The predicted molar refractivity (Wildman–Crippen MR) is 74.0 cm³/mol. The van der Waals surface area contributed by atoms with Crippen LogP contribution in [0.5, 0.6) is 0 Å². The number of aryl methyl sites for hydroxylation is 2. The van der Waals surface area contributed by atoms with Gasteiger partial charge in [0.25, 0.3) is 0 Å². The minimum atomic E-state index is -0.215. The lowest BCUT2D eigenvalue weighted by Crippen LogP contribution is -2.28. The van der Waals surface area contributed by atoms with Crippen molar-refractivity contribution < 1.29 is 4.39 Å². The average Bonchev–Trinajstić information content (AvgIpc) is 2.81. The van der Waals surface area contributed by atoms with E-state index in [2.05, 4.69) is 24.5 Å². The normalized spacial score (nSPS) is 12.7. The number of rotatable bonds is 4. The third-order valence-electron chi connectivity index (χ3n) is 3.02. The van der Waals surface area contributed by atoms with Crippen LogP contribution in [-0.2, 0) is 6.42 Å². The smallest absolute Gasteiger partial charge is 0.123 e. The zero-order chi connectivity index (χ0) is 13.1. The van der Waals surface area contributed by atoms with Gasteiger partial charge in [-0.05, 0) is 48.7 Å². The second kappa shape index (κ2) is 5.61. The minimum absolute atomic E-state index is 0.0732. The van der Waals surface area contributed by atoms with Crippen molar-refractivity contribution in [3.05, 3.63) is 57.0 Å². The molecule has 1 aromatic heterocycles. The Morgan fingerprint density at radius 3 is 2.67 bits per heavy atom. The van der Waals surface area contributed by atoms with Crippen LogP contribution in [0.15, 0.2) is 30.3 Å². The summed E-state index contributed by atoms with van der Waals surface area (Å²) in [5.41, 5.74) is 4.74. The largest absolute Gasteiger partial charge is 0.271 e. The van der Waals surface area contributed by atoms with Crippen LogP contribution in [0.2, 0.25) is 0 Å². The summed E-state index contributed by atoms with van der Waals surface area (Å²) >= 11 is 1.74. The monoisotopic (exact) mass is 264 g/mol. The van der Waals surface area contributed by atoms with Gasteiger partial charge in [0.2, 0.25) is 0 Å². The topological polar surface area (TPSA) is 38.0 Å². The average molecular weight is 264 g/mol. The lowest BCUT2D eigenvalue weighted by atomic mass is 10.0. The maximum absolute atomic E-state index is 13.1. The van der Waals surface area contributed by atoms with Gasteiger partial charge in [-0.25, -0.2) is 9.82 Å². The summed E-state index contributed by atoms with van der Waals surface area (Å²) in [5.74, 6) is 5.44. The van der Waals surface area contributed by atoms with Gasteiger partial charge in [0.15, 0.2) is 0 Å². The Labute approximate surface area is 111 Å². The summed E-state index contributed by atoms with van der Waals surface area (Å²) < 4.78 is 13.1. The second-order valence-corrected chi connectivity index (χ2v) is 5.46. The molecule has 1 heterocycles. The van der Waals surface area contributed by atoms with Crippen LogP contribution >= 0.6 is 11.3 Å². The van der Waals surface area contributed by atoms with Gasteiger partial charge in [-0.2, -0.15) is 0 Å². The quantitative estimate of drug-likeness (QED) is 0.657. The third-order valence-corrected chi connectivity index (χ3v) is 4.32. The Balaban J connectivity index is 2.38. The first-order valence-corrected chi connectivity index (χ1v) is 6.78. The standard InChI is InChI=1S/C14H17FN2S/c1-3-11-5-7-13(18-11)14(17-16)12-6-4-10(15)8-9(12)2/h4-8,14,17H,3,16H2,1-2H3. The second-order valence-electron chi connectivity index (χ2n) is 4.26. The van der Waals surface area contributed by atoms with E-state index in [9.17, 15) is 4.39 Å². The Bertz CT molecular complexity index is 536. The maximum atomic E-state index is 13.1. The molecule has 0 aliphatic heterocycles. The van der Waals surface area contributed by atoms with Crippen molar-refractivity contribution in [3.63, 3.8) is 0 Å². The minimum Gasteiger partial charge on any atom is -0.271 e. The molecule has 4 heteroatoms. The summed E-state index contributed by atoms with van der Waals surface area (Å²) in [4.78, 5) is 2.48. The molecule has 0 amide bonds. The Morgan fingerprint density at radius 1 is 1.33 bits per heavy atom. The fourth-order valence-corrected chi connectivity index (χ4v) is 3.06. The van der Waals surface area contributed by atoms with E-state index in [-0.39, 0.29) is 11.9 Å². The zero-order valence-electron chi connectivity index (χ0n) is 10.5. The van der Waals surface area contributed by atoms with Crippen LogP contribution in [0.25, 0.3) is 0 Å². The van der Waals surface area contributed by atoms with Gasteiger partial charge in [-0.1, -0.05) is 13.0 Å². The molecule has 0 fully saturated rings. The van der Waals surface area contributed by atoms with Crippen molar-refractivity contribution in [1.29, 1.82) is 0 Å². The number of nitrogens with one attached hydrogen (secondary N) is 1. The molecule has 0 aliphatic rings. The van der Waals surface area contributed by atoms with Crippen LogP contribution in [0.1, 0.15) is 33.8 Å². The van der Waals surface area contributed by atoms with E-state index < -0.39 is 0 Å². The van der Waals surface area contributed by atoms with Crippen molar-refractivity contribution >= 4 is 11.3 Å². The van der Waals surface area contributed by atoms with E-state index in [1.54, 1.807) is 17.4 Å². The van der Waals surface area contributed by atoms with Crippen molar-refractivity contribution in [3.8, 4) is 0 Å². The Kier molecular flexibility index (Phi) is 4.11. The summed E-state index contributed by atoms with van der Waals surface area (Å²) in [6, 6.07) is 8.92. The summed E-state index contributed by atoms with van der Waals surface area (Å²) in [5, 5.41) is 0. The summed E-state index contributed by atoms with van der Waals surface area (Å²) in [6.45, 7) is 4.03. The summed E-state index contributed by atoms with van der Waals surface area (Å²) in [6.07, 6.45) is 1.02. The molecule has 0 spiro atoms. The molecule has 18 heavy (non-hydrogen) atoms. The van der Waals surface area contributed by atoms with Gasteiger partial charge in [-0.15, -0.1) is 11.3 Å². The highest BCUT2D eigenvalue weighted by Gasteiger charge is 2.16. The van der Waals surface area contributed by atoms with Gasteiger partial charge in [0.05, 0.1) is 6.04 Å². The molecule has 2 rings (SSSR count). The van der Waals surface area contributed by atoms with E-state index in [1.807, 2.05) is 6.92 Å². The first-order chi connectivity index (χ1) is 8.65. The van der Waals surface area contributed by atoms with E-state index in [4.69, 9.17) is 5.84 Å². The molecule has 0 aliphatic carbocycles. The molecule has 1 atom stereocenters. The van der Waals surface area contributed by atoms with Crippen molar-refractivity contribution in [1.82, 2.24) is 5.43 Å². The SMILES string of the molecule is CCc1ccc(C(NN)c2ccc(F)cc2C)s1. The maximum Gasteiger partial charge on any atom is 0.123 e. The molecule has 2 nitrogen and oxygen atoms in total. The number of hydrogen-bond acceptors (Lipinski definition) is 3. The van der Waals surface area contributed by atoms with Crippen LogP contribution in [0.3, 0.4) is 0 Å². The Hall–Kier alpha value is -1.23. The first kappa shape index (κ1) is 13.2. The number of hydrogen-bond donors (Lipinski definition) is 2. The number of thiophene rings is 1. The van der Waals surface area contributed by atoms with E-state index in [0.717, 1.165) is 22.4 Å². The highest BCUT2D eigenvalue weighted by Crippen LogP contribution is 2.30. The van der Waals surface area contributed by atoms with Crippen molar-refractivity contribution in [2.75, 3.05) is 0 Å². The number of hydrazine groups is 1. The lowest BCUT2D eigenvalue weighted by Gasteiger charge is -2.17. The molecule has 2 aromatic rings.